The number of carbonyl (C=O) groups is 2. The Morgan fingerprint density at radius 3 is 2.65 bits per heavy atom. The van der Waals surface area contributed by atoms with E-state index in [1.807, 2.05) is 25.1 Å². The second kappa shape index (κ2) is 9.58. The van der Waals surface area contributed by atoms with Crippen molar-refractivity contribution >= 4 is 35.8 Å². The summed E-state index contributed by atoms with van der Waals surface area (Å²) >= 11 is 5.90. The van der Waals surface area contributed by atoms with Crippen LogP contribution in [-0.4, -0.2) is 36.3 Å². The molecule has 7 heteroatoms. The maximum atomic E-state index is 11.9. The largest absolute Gasteiger partial charge is 0.346 e. The van der Waals surface area contributed by atoms with Gasteiger partial charge < -0.3 is 16.0 Å². The third-order valence-corrected chi connectivity index (χ3v) is 2.85. The van der Waals surface area contributed by atoms with Crippen LogP contribution >= 0.6 is 24.0 Å². The van der Waals surface area contributed by atoms with Gasteiger partial charge in [0.2, 0.25) is 11.8 Å². The molecule has 0 saturated heterocycles. The lowest BCUT2D eigenvalue weighted by Gasteiger charge is -2.21. The van der Waals surface area contributed by atoms with Crippen molar-refractivity contribution in [3.05, 3.63) is 34.9 Å². The lowest BCUT2D eigenvalue weighted by atomic mass is 10.2. The zero-order valence-electron chi connectivity index (χ0n) is 11.3. The minimum atomic E-state index is -0.341. The van der Waals surface area contributed by atoms with E-state index in [2.05, 4.69) is 5.32 Å². The fourth-order valence-electron chi connectivity index (χ4n) is 1.59. The Hall–Kier alpha value is -1.30. The minimum absolute atomic E-state index is 0. The number of rotatable bonds is 6. The van der Waals surface area contributed by atoms with Crippen LogP contribution in [0.15, 0.2) is 24.3 Å². The van der Waals surface area contributed by atoms with Crippen LogP contribution in [0.1, 0.15) is 12.5 Å². The number of carbonyl (C=O) groups excluding carboxylic acids is 2. The third-order valence-electron chi connectivity index (χ3n) is 2.62. The van der Waals surface area contributed by atoms with Gasteiger partial charge in [0.25, 0.3) is 0 Å². The summed E-state index contributed by atoms with van der Waals surface area (Å²) < 4.78 is 0. The second-order valence-corrected chi connectivity index (χ2v) is 4.46. The first-order valence-electron chi connectivity index (χ1n) is 6.05. The molecule has 2 amide bonds. The minimum Gasteiger partial charge on any atom is -0.346 e. The van der Waals surface area contributed by atoms with Gasteiger partial charge in [-0.25, -0.2) is 0 Å². The molecule has 112 valence electrons. The van der Waals surface area contributed by atoms with Crippen LogP contribution in [-0.2, 0) is 16.1 Å². The maximum absolute atomic E-state index is 11.9. The van der Waals surface area contributed by atoms with Crippen LogP contribution in [0.25, 0.3) is 0 Å². The van der Waals surface area contributed by atoms with Gasteiger partial charge in [-0.15, -0.1) is 12.4 Å². The van der Waals surface area contributed by atoms with Gasteiger partial charge in [0.15, 0.2) is 0 Å². The zero-order chi connectivity index (χ0) is 14.3. The van der Waals surface area contributed by atoms with Crippen LogP contribution in [0.2, 0.25) is 5.02 Å². The summed E-state index contributed by atoms with van der Waals surface area (Å²) in [5.74, 6) is -0.489. The molecule has 5 nitrogen and oxygen atoms in total. The first kappa shape index (κ1) is 18.7. The molecule has 0 fully saturated rings. The smallest absolute Gasteiger partial charge is 0.242 e. The maximum Gasteiger partial charge on any atom is 0.242 e. The first-order valence-corrected chi connectivity index (χ1v) is 6.43. The number of nitrogens with two attached hydrogens (primary N) is 1. The second-order valence-electron chi connectivity index (χ2n) is 4.02. The quantitative estimate of drug-likeness (QED) is 0.826. The summed E-state index contributed by atoms with van der Waals surface area (Å²) in [4.78, 5) is 24.6. The van der Waals surface area contributed by atoms with E-state index >= 15 is 0 Å². The lowest BCUT2D eigenvalue weighted by molar-refractivity contribution is -0.132. The molecule has 0 aliphatic heterocycles. The molecule has 0 saturated carbocycles. The van der Waals surface area contributed by atoms with Gasteiger partial charge in [0, 0.05) is 18.1 Å². The molecule has 1 aromatic rings. The van der Waals surface area contributed by atoms with E-state index in [0.717, 1.165) is 5.56 Å². The van der Waals surface area contributed by atoms with Crippen LogP contribution in [0.3, 0.4) is 0 Å². The van der Waals surface area contributed by atoms with Crippen molar-refractivity contribution in [2.24, 2.45) is 5.73 Å². The predicted octanol–water partition coefficient (Wildman–Crippen LogP) is 1.19. The summed E-state index contributed by atoms with van der Waals surface area (Å²) in [5, 5.41) is 3.10. The molecule has 0 spiro atoms. The van der Waals surface area contributed by atoms with E-state index in [0.29, 0.717) is 18.1 Å². The molecule has 0 heterocycles. The highest BCUT2D eigenvalue weighted by Crippen LogP contribution is 2.12. The van der Waals surface area contributed by atoms with Crippen LogP contribution < -0.4 is 11.1 Å². The fourth-order valence-corrected chi connectivity index (χ4v) is 1.80. The van der Waals surface area contributed by atoms with Crippen molar-refractivity contribution in [1.82, 2.24) is 10.2 Å². The van der Waals surface area contributed by atoms with Crippen LogP contribution in [0, 0.1) is 0 Å². The van der Waals surface area contributed by atoms with Gasteiger partial charge in [-0.3, -0.25) is 9.59 Å². The Morgan fingerprint density at radius 2 is 2.10 bits per heavy atom. The fraction of sp³-hybridized carbons (Fsp3) is 0.385. The van der Waals surface area contributed by atoms with Gasteiger partial charge in [-0.1, -0.05) is 23.7 Å². The van der Waals surface area contributed by atoms with Crippen molar-refractivity contribution in [2.45, 2.75) is 13.5 Å². The number of nitrogens with one attached hydrogen (secondary N) is 1. The third kappa shape index (κ3) is 6.23. The Morgan fingerprint density at radius 1 is 1.40 bits per heavy atom. The van der Waals surface area contributed by atoms with Crippen molar-refractivity contribution in [3.63, 3.8) is 0 Å². The molecule has 0 unspecified atom stereocenters. The molecule has 0 bridgehead atoms. The first-order chi connectivity index (χ1) is 9.06. The molecule has 1 aromatic carbocycles. The average Bonchev–Trinajstić information content (AvgIpc) is 2.41. The van der Waals surface area contributed by atoms with Gasteiger partial charge in [-0.2, -0.15) is 0 Å². The normalized spacial score (nSPS) is 9.55. The van der Waals surface area contributed by atoms with E-state index in [-0.39, 0.29) is 37.3 Å². The van der Waals surface area contributed by atoms with Crippen molar-refractivity contribution in [2.75, 3.05) is 19.6 Å². The summed E-state index contributed by atoms with van der Waals surface area (Å²) in [5.41, 5.74) is 6.11. The van der Waals surface area contributed by atoms with E-state index in [4.69, 9.17) is 17.3 Å². The zero-order valence-corrected chi connectivity index (χ0v) is 12.8. The Balaban J connectivity index is 0.00000361. The molecular formula is C13H19Cl2N3O2. The highest BCUT2D eigenvalue weighted by atomic mass is 35.5. The van der Waals surface area contributed by atoms with E-state index in [1.54, 1.807) is 11.0 Å². The van der Waals surface area contributed by atoms with Crippen molar-refractivity contribution < 1.29 is 9.59 Å². The van der Waals surface area contributed by atoms with Gasteiger partial charge in [0.05, 0.1) is 13.1 Å². The standard InChI is InChI=1S/C13H18ClN3O2.ClH/c1-2-17(13(19)8-16-12(18)7-15)9-10-4-3-5-11(14)6-10;/h3-6H,2,7-9,15H2,1H3,(H,16,18);1H. The Bertz CT molecular complexity index is 455. The molecule has 0 radical (unpaired) electrons. The molecule has 0 aliphatic carbocycles. The summed E-state index contributed by atoms with van der Waals surface area (Å²) in [6.07, 6.45) is 0. The number of hydrogen-bond donors (Lipinski definition) is 2. The molecule has 20 heavy (non-hydrogen) atoms. The number of likely N-dealkylation sites (N-methyl/N-ethyl adjacent to an activating group) is 1. The number of halogens is 2. The molecule has 0 aromatic heterocycles. The molecular weight excluding hydrogens is 301 g/mol. The lowest BCUT2D eigenvalue weighted by Crippen LogP contribution is -2.41. The Labute approximate surface area is 129 Å². The van der Waals surface area contributed by atoms with Crippen molar-refractivity contribution in [1.29, 1.82) is 0 Å². The van der Waals surface area contributed by atoms with Gasteiger partial charge in [0.1, 0.15) is 0 Å². The Kier molecular flexibility index (Phi) is 8.96. The van der Waals surface area contributed by atoms with Gasteiger partial charge in [-0.05, 0) is 24.6 Å². The number of hydrogen-bond acceptors (Lipinski definition) is 3. The topological polar surface area (TPSA) is 75.4 Å². The number of benzene rings is 1. The number of nitrogens with zero attached hydrogens (tertiary/aromatic N) is 1. The van der Waals surface area contributed by atoms with Crippen molar-refractivity contribution in [3.8, 4) is 0 Å². The molecule has 3 N–H and O–H groups in total. The van der Waals surface area contributed by atoms with Crippen LogP contribution in [0.4, 0.5) is 0 Å². The highest BCUT2D eigenvalue weighted by Gasteiger charge is 2.12. The van der Waals surface area contributed by atoms with Crippen LogP contribution in [0.5, 0.6) is 0 Å². The summed E-state index contributed by atoms with van der Waals surface area (Å²) in [6, 6.07) is 7.34. The summed E-state index contributed by atoms with van der Waals surface area (Å²) in [6.45, 7) is 2.75. The SMILES string of the molecule is CCN(Cc1cccc(Cl)c1)C(=O)CNC(=O)CN.Cl. The number of amides is 2. The van der Waals surface area contributed by atoms with E-state index in [9.17, 15) is 9.59 Å². The molecule has 0 atom stereocenters. The van der Waals surface area contributed by atoms with Gasteiger partial charge >= 0.3 is 0 Å². The van der Waals surface area contributed by atoms with E-state index in [1.165, 1.54) is 0 Å². The van der Waals surface area contributed by atoms with E-state index < -0.39 is 0 Å². The highest BCUT2D eigenvalue weighted by molar-refractivity contribution is 6.30. The average molecular weight is 320 g/mol. The molecule has 1 rings (SSSR count). The molecule has 0 aliphatic rings. The summed E-state index contributed by atoms with van der Waals surface area (Å²) in [7, 11) is 0. The monoisotopic (exact) mass is 319 g/mol. The predicted molar refractivity (Wildman–Crippen MR) is 81.9 cm³/mol.